The summed E-state index contributed by atoms with van der Waals surface area (Å²) in [6.07, 6.45) is 1.44. The molecular formula is C17H19N3O4. The van der Waals surface area contributed by atoms with Crippen molar-refractivity contribution in [2.24, 2.45) is 0 Å². The molecule has 24 heavy (non-hydrogen) atoms. The third kappa shape index (κ3) is 4.10. The van der Waals surface area contributed by atoms with Gasteiger partial charge in [0.15, 0.2) is 6.61 Å². The van der Waals surface area contributed by atoms with Crippen molar-refractivity contribution < 1.29 is 19.1 Å². The minimum atomic E-state index is -0.646. The van der Waals surface area contributed by atoms with Crippen LogP contribution in [-0.2, 0) is 14.3 Å². The summed E-state index contributed by atoms with van der Waals surface area (Å²) in [4.78, 5) is 38.9. The molecular weight excluding hydrogens is 310 g/mol. The first-order valence-electron chi connectivity index (χ1n) is 7.72. The number of carbonyl (C=O) groups excluding carboxylic acids is 3. The maximum atomic E-state index is 12.3. The largest absolute Gasteiger partial charge is 0.452 e. The van der Waals surface area contributed by atoms with E-state index in [0.29, 0.717) is 18.7 Å². The van der Waals surface area contributed by atoms with Crippen molar-refractivity contribution in [1.82, 2.24) is 4.90 Å². The summed E-state index contributed by atoms with van der Waals surface area (Å²) in [5, 5.41) is 8.51. The first-order valence-corrected chi connectivity index (χ1v) is 7.72. The average Bonchev–Trinajstić information content (AvgIpc) is 3.03. The van der Waals surface area contributed by atoms with E-state index < -0.39 is 12.6 Å². The summed E-state index contributed by atoms with van der Waals surface area (Å²) in [5.74, 6) is -1.05. The van der Waals surface area contributed by atoms with Crippen molar-refractivity contribution in [3.05, 3.63) is 29.8 Å². The number of carbonyl (C=O) groups is 3. The molecule has 0 N–H and O–H groups in total. The quantitative estimate of drug-likeness (QED) is 0.735. The van der Waals surface area contributed by atoms with Gasteiger partial charge in [0.05, 0.1) is 23.7 Å². The lowest BCUT2D eigenvalue weighted by atomic mass is 10.1. The van der Waals surface area contributed by atoms with Crippen LogP contribution in [0.25, 0.3) is 0 Å². The van der Waals surface area contributed by atoms with Crippen LogP contribution in [0.4, 0.5) is 5.69 Å². The predicted molar refractivity (Wildman–Crippen MR) is 86.2 cm³/mol. The van der Waals surface area contributed by atoms with Crippen molar-refractivity contribution in [1.29, 1.82) is 5.26 Å². The molecule has 1 heterocycles. The number of amides is 2. The summed E-state index contributed by atoms with van der Waals surface area (Å²) >= 11 is 0. The molecule has 1 aromatic carbocycles. The molecule has 0 aliphatic carbocycles. The lowest BCUT2D eigenvalue weighted by molar-refractivity contribution is -0.133. The van der Waals surface area contributed by atoms with E-state index in [9.17, 15) is 14.4 Å². The third-order valence-corrected chi connectivity index (χ3v) is 3.80. The van der Waals surface area contributed by atoms with Crippen LogP contribution in [0.3, 0.4) is 0 Å². The molecule has 0 saturated carbocycles. The Morgan fingerprint density at radius 3 is 2.79 bits per heavy atom. The van der Waals surface area contributed by atoms with Gasteiger partial charge in [-0.1, -0.05) is 12.1 Å². The van der Waals surface area contributed by atoms with Crippen molar-refractivity contribution in [3.8, 4) is 6.07 Å². The van der Waals surface area contributed by atoms with E-state index in [1.54, 1.807) is 36.2 Å². The fourth-order valence-electron chi connectivity index (χ4n) is 2.44. The smallest absolute Gasteiger partial charge is 0.340 e. The van der Waals surface area contributed by atoms with Gasteiger partial charge < -0.3 is 14.5 Å². The number of ether oxygens (including phenoxy) is 1. The Bertz CT molecular complexity index is 681. The van der Waals surface area contributed by atoms with E-state index in [4.69, 9.17) is 10.00 Å². The van der Waals surface area contributed by atoms with E-state index in [1.165, 1.54) is 4.90 Å². The Labute approximate surface area is 140 Å². The zero-order valence-electron chi connectivity index (χ0n) is 13.5. The Hall–Kier alpha value is -2.88. The van der Waals surface area contributed by atoms with E-state index in [2.05, 4.69) is 0 Å². The number of esters is 1. The number of nitrogens with zero attached hydrogens (tertiary/aromatic N) is 3. The van der Waals surface area contributed by atoms with Crippen LogP contribution in [0.2, 0.25) is 0 Å². The number of benzene rings is 1. The van der Waals surface area contributed by atoms with Crippen LogP contribution in [0, 0.1) is 11.3 Å². The third-order valence-electron chi connectivity index (χ3n) is 3.80. The van der Waals surface area contributed by atoms with Crippen LogP contribution in [0.5, 0.6) is 0 Å². The van der Waals surface area contributed by atoms with Gasteiger partial charge in [0.2, 0.25) is 5.91 Å². The fraction of sp³-hybridized carbons (Fsp3) is 0.412. The number of nitriles is 1. The van der Waals surface area contributed by atoms with Crippen LogP contribution in [-0.4, -0.2) is 49.4 Å². The van der Waals surface area contributed by atoms with Gasteiger partial charge in [0.1, 0.15) is 0 Å². The highest BCUT2D eigenvalue weighted by molar-refractivity contribution is 6.03. The SMILES string of the molecule is CN(CCC#N)C(=O)COC(=O)c1ccccc1N1CCCC1=O. The summed E-state index contributed by atoms with van der Waals surface area (Å²) in [7, 11) is 1.55. The lowest BCUT2D eigenvalue weighted by Gasteiger charge is -2.19. The van der Waals surface area contributed by atoms with Gasteiger partial charge >= 0.3 is 5.97 Å². The molecule has 7 nitrogen and oxygen atoms in total. The molecule has 2 rings (SSSR count). The Morgan fingerprint density at radius 2 is 2.12 bits per heavy atom. The molecule has 0 bridgehead atoms. The van der Waals surface area contributed by atoms with Gasteiger partial charge in [0, 0.05) is 26.6 Å². The monoisotopic (exact) mass is 329 g/mol. The molecule has 1 saturated heterocycles. The fourth-order valence-corrected chi connectivity index (χ4v) is 2.44. The van der Waals surface area contributed by atoms with Crippen LogP contribution in [0.1, 0.15) is 29.6 Å². The molecule has 1 aromatic rings. The molecule has 1 aliphatic rings. The van der Waals surface area contributed by atoms with Gasteiger partial charge in [-0.25, -0.2) is 4.79 Å². The summed E-state index contributed by atoms with van der Waals surface area (Å²) in [6, 6.07) is 8.65. The second-order valence-corrected chi connectivity index (χ2v) is 5.47. The molecule has 0 spiro atoms. The molecule has 0 atom stereocenters. The molecule has 1 fully saturated rings. The lowest BCUT2D eigenvalue weighted by Crippen LogP contribution is -2.32. The number of para-hydroxylation sites is 1. The standard InChI is InChI=1S/C17H19N3O4/c1-19(10-5-9-18)16(22)12-24-17(23)13-6-2-3-7-14(13)20-11-4-8-15(20)21/h2-3,6-7H,4-5,8,10-12H2,1H3. The molecule has 2 amide bonds. The summed E-state index contributed by atoms with van der Waals surface area (Å²) in [6.45, 7) is 0.452. The molecule has 126 valence electrons. The predicted octanol–water partition coefficient (Wildman–Crippen LogP) is 1.34. The van der Waals surface area contributed by atoms with E-state index >= 15 is 0 Å². The molecule has 0 aromatic heterocycles. The van der Waals surface area contributed by atoms with Gasteiger partial charge in [-0.2, -0.15) is 5.26 Å². The first-order chi connectivity index (χ1) is 11.5. The highest BCUT2D eigenvalue weighted by Gasteiger charge is 2.26. The molecule has 0 unspecified atom stereocenters. The zero-order valence-corrected chi connectivity index (χ0v) is 13.5. The zero-order chi connectivity index (χ0) is 17.5. The molecule has 0 radical (unpaired) electrons. The van der Waals surface area contributed by atoms with Crippen molar-refractivity contribution in [2.75, 3.05) is 31.6 Å². The van der Waals surface area contributed by atoms with Gasteiger partial charge in [-0.3, -0.25) is 9.59 Å². The van der Waals surface area contributed by atoms with Crippen LogP contribution in [0.15, 0.2) is 24.3 Å². The minimum Gasteiger partial charge on any atom is -0.452 e. The maximum Gasteiger partial charge on any atom is 0.340 e. The Morgan fingerprint density at radius 1 is 1.38 bits per heavy atom. The van der Waals surface area contributed by atoms with Crippen LogP contribution < -0.4 is 4.90 Å². The van der Waals surface area contributed by atoms with Crippen molar-refractivity contribution >= 4 is 23.5 Å². The average molecular weight is 329 g/mol. The second kappa shape index (κ2) is 8.11. The topological polar surface area (TPSA) is 90.7 Å². The second-order valence-electron chi connectivity index (χ2n) is 5.47. The Balaban J connectivity index is 2.02. The molecule has 1 aliphatic heterocycles. The number of hydrogen-bond acceptors (Lipinski definition) is 5. The minimum absolute atomic E-state index is 0.0254. The summed E-state index contributed by atoms with van der Waals surface area (Å²) in [5.41, 5.74) is 0.774. The van der Waals surface area contributed by atoms with Gasteiger partial charge in [-0.05, 0) is 18.6 Å². The summed E-state index contributed by atoms with van der Waals surface area (Å²) < 4.78 is 5.08. The highest BCUT2D eigenvalue weighted by atomic mass is 16.5. The van der Waals surface area contributed by atoms with E-state index in [0.717, 1.165) is 6.42 Å². The van der Waals surface area contributed by atoms with Crippen molar-refractivity contribution in [3.63, 3.8) is 0 Å². The number of rotatable bonds is 6. The molecule has 7 heteroatoms. The highest BCUT2D eigenvalue weighted by Crippen LogP contribution is 2.25. The first kappa shape index (κ1) is 17.5. The number of likely N-dealkylation sites (N-methyl/N-ethyl adjacent to an activating group) is 1. The van der Waals surface area contributed by atoms with Gasteiger partial charge in [-0.15, -0.1) is 0 Å². The van der Waals surface area contributed by atoms with Crippen LogP contribution >= 0.6 is 0 Å². The van der Waals surface area contributed by atoms with Gasteiger partial charge in [0.25, 0.3) is 5.91 Å². The normalized spacial score (nSPS) is 13.5. The number of hydrogen-bond donors (Lipinski definition) is 0. The number of anilines is 1. The van der Waals surface area contributed by atoms with E-state index in [1.807, 2.05) is 6.07 Å². The Kier molecular flexibility index (Phi) is 5.90. The maximum absolute atomic E-state index is 12.3. The van der Waals surface area contributed by atoms with Crippen molar-refractivity contribution in [2.45, 2.75) is 19.3 Å². The van der Waals surface area contributed by atoms with E-state index in [-0.39, 0.29) is 30.3 Å².